The molecule has 0 bridgehead atoms. The maximum Gasteiger partial charge on any atom is 0.233 e. The van der Waals surface area contributed by atoms with E-state index in [1.54, 1.807) is 17.1 Å². The summed E-state index contributed by atoms with van der Waals surface area (Å²) >= 11 is 1.35. The summed E-state index contributed by atoms with van der Waals surface area (Å²) in [4.78, 5) is 25.0. The maximum atomic E-state index is 12.3. The van der Waals surface area contributed by atoms with Gasteiger partial charge in [-0.05, 0) is 5.92 Å². The summed E-state index contributed by atoms with van der Waals surface area (Å²) in [5, 5.41) is 9.03. The molecule has 1 heterocycles. The quantitative estimate of drug-likeness (QED) is 0.449. The Morgan fingerprint density at radius 2 is 1.92 bits per heavy atom. The largest absolute Gasteiger partial charge is 0.370 e. The number of carbonyl (C=O) groups is 2. The number of hydrogen-bond donors (Lipinski definition) is 1. The second kappa shape index (κ2) is 10.7. The molecule has 0 unspecified atom stereocenters. The Morgan fingerprint density at radius 3 is 2.44 bits per heavy atom. The Balaban J connectivity index is 2.82. The van der Waals surface area contributed by atoms with E-state index >= 15 is 0 Å². The second-order valence-corrected chi connectivity index (χ2v) is 6.98. The van der Waals surface area contributed by atoms with Crippen molar-refractivity contribution in [3.8, 4) is 0 Å². The molecule has 2 N–H and O–H groups in total. The highest BCUT2D eigenvalue weighted by atomic mass is 32.2. The number of nitrogens with zero attached hydrogens (tertiary/aromatic N) is 4. The molecular weight excluding hydrogens is 338 g/mol. The van der Waals surface area contributed by atoms with E-state index in [0.29, 0.717) is 30.6 Å². The number of rotatable bonds is 12. The van der Waals surface area contributed by atoms with Crippen LogP contribution >= 0.6 is 11.8 Å². The smallest absolute Gasteiger partial charge is 0.233 e. The average molecular weight is 366 g/mol. The number of nitrogens with two attached hydrogens (primary N) is 1. The maximum absolute atomic E-state index is 12.3. The number of aromatic nitrogens is 3. The van der Waals surface area contributed by atoms with E-state index in [1.165, 1.54) is 11.8 Å². The summed E-state index contributed by atoms with van der Waals surface area (Å²) in [7, 11) is 0. The zero-order valence-corrected chi connectivity index (χ0v) is 15.8. The van der Waals surface area contributed by atoms with E-state index in [2.05, 4.69) is 37.2 Å². The lowest BCUT2D eigenvalue weighted by Crippen LogP contribution is -2.32. The number of carbonyl (C=O) groups excluding carboxylic acids is 2. The first-order valence-electron chi connectivity index (χ1n) is 8.21. The molecule has 8 heteroatoms. The molecule has 0 aliphatic carbocycles. The summed E-state index contributed by atoms with van der Waals surface area (Å²) in [6, 6.07) is 0. The van der Waals surface area contributed by atoms with Crippen molar-refractivity contribution in [2.75, 3.05) is 18.8 Å². The summed E-state index contributed by atoms with van der Waals surface area (Å²) in [6.45, 7) is 13.2. The van der Waals surface area contributed by atoms with Crippen LogP contribution in [0.25, 0.3) is 0 Å². The first-order valence-corrected chi connectivity index (χ1v) is 9.20. The molecule has 0 saturated carbocycles. The summed E-state index contributed by atoms with van der Waals surface area (Å²) in [5.74, 6) is 0.983. The molecule has 1 aromatic rings. The normalized spacial score (nSPS) is 10.7. The SMILES string of the molecule is C=CCN(CC=C)C(=O)CSc1nnc(CCC(N)=O)n1CC(C)C. The molecule has 2 amide bonds. The van der Waals surface area contributed by atoms with Gasteiger partial charge >= 0.3 is 0 Å². The second-order valence-electron chi connectivity index (χ2n) is 6.03. The monoisotopic (exact) mass is 365 g/mol. The van der Waals surface area contributed by atoms with Gasteiger partial charge in [-0.3, -0.25) is 9.59 Å². The van der Waals surface area contributed by atoms with Gasteiger partial charge in [0.25, 0.3) is 0 Å². The summed E-state index contributed by atoms with van der Waals surface area (Å²) in [6.07, 6.45) is 4.05. The lowest BCUT2D eigenvalue weighted by molar-refractivity contribution is -0.127. The topological polar surface area (TPSA) is 94.1 Å². The molecule has 25 heavy (non-hydrogen) atoms. The van der Waals surface area contributed by atoms with Gasteiger partial charge in [-0.15, -0.1) is 23.4 Å². The van der Waals surface area contributed by atoms with Crippen molar-refractivity contribution in [3.63, 3.8) is 0 Å². The molecule has 0 saturated heterocycles. The minimum atomic E-state index is -0.368. The van der Waals surface area contributed by atoms with Crippen LogP contribution in [0.2, 0.25) is 0 Å². The zero-order chi connectivity index (χ0) is 18.8. The third-order valence-electron chi connectivity index (χ3n) is 3.31. The fourth-order valence-electron chi connectivity index (χ4n) is 2.20. The van der Waals surface area contributed by atoms with Crippen LogP contribution < -0.4 is 5.73 Å². The Labute approximate surface area is 153 Å². The Morgan fingerprint density at radius 1 is 1.28 bits per heavy atom. The highest BCUT2D eigenvalue weighted by Crippen LogP contribution is 2.20. The van der Waals surface area contributed by atoms with Crippen LogP contribution in [0, 0.1) is 5.92 Å². The van der Waals surface area contributed by atoms with E-state index in [1.807, 2.05) is 4.57 Å². The summed E-state index contributed by atoms with van der Waals surface area (Å²) in [5.41, 5.74) is 5.22. The third kappa shape index (κ3) is 7.13. The van der Waals surface area contributed by atoms with Crippen molar-refractivity contribution < 1.29 is 9.59 Å². The highest BCUT2D eigenvalue weighted by Gasteiger charge is 2.17. The van der Waals surface area contributed by atoms with Crippen molar-refractivity contribution in [1.82, 2.24) is 19.7 Å². The van der Waals surface area contributed by atoms with Crippen LogP contribution in [-0.4, -0.2) is 50.3 Å². The first-order chi connectivity index (χ1) is 11.9. The molecule has 1 aromatic heterocycles. The molecule has 0 aliphatic heterocycles. The van der Waals surface area contributed by atoms with Crippen molar-refractivity contribution in [2.45, 2.75) is 38.4 Å². The highest BCUT2D eigenvalue weighted by molar-refractivity contribution is 7.99. The van der Waals surface area contributed by atoms with Gasteiger partial charge in [-0.2, -0.15) is 0 Å². The van der Waals surface area contributed by atoms with Crippen LogP contribution in [0.15, 0.2) is 30.5 Å². The Bertz CT molecular complexity index is 602. The minimum Gasteiger partial charge on any atom is -0.370 e. The number of thioether (sulfide) groups is 1. The Hall–Kier alpha value is -2.09. The van der Waals surface area contributed by atoms with E-state index < -0.39 is 0 Å². The molecule has 0 aromatic carbocycles. The van der Waals surface area contributed by atoms with Gasteiger partial charge in [0.05, 0.1) is 5.75 Å². The van der Waals surface area contributed by atoms with E-state index in [-0.39, 0.29) is 24.0 Å². The molecular formula is C17H27N5O2S. The molecule has 138 valence electrons. The molecule has 1 rings (SSSR count). The van der Waals surface area contributed by atoms with Gasteiger partial charge < -0.3 is 15.2 Å². The number of primary amides is 1. The van der Waals surface area contributed by atoms with Crippen molar-refractivity contribution >= 4 is 23.6 Å². The molecule has 0 spiro atoms. The first kappa shape index (κ1) is 21.0. The van der Waals surface area contributed by atoms with Gasteiger partial charge in [0, 0.05) is 32.5 Å². The lowest BCUT2D eigenvalue weighted by atomic mass is 10.2. The van der Waals surface area contributed by atoms with Gasteiger partial charge in [-0.25, -0.2) is 0 Å². The van der Waals surface area contributed by atoms with Crippen LogP contribution in [0.4, 0.5) is 0 Å². The average Bonchev–Trinajstić information content (AvgIpc) is 2.91. The van der Waals surface area contributed by atoms with Crippen LogP contribution in [0.3, 0.4) is 0 Å². The predicted octanol–water partition coefficient (Wildman–Crippen LogP) is 1.64. The van der Waals surface area contributed by atoms with Crippen LogP contribution in [-0.2, 0) is 22.6 Å². The number of hydrogen-bond acceptors (Lipinski definition) is 5. The summed E-state index contributed by atoms with van der Waals surface area (Å²) < 4.78 is 1.97. The van der Waals surface area contributed by atoms with E-state index in [0.717, 1.165) is 12.4 Å². The van der Waals surface area contributed by atoms with Crippen molar-refractivity contribution in [3.05, 3.63) is 31.1 Å². The molecule has 0 fully saturated rings. The number of aryl methyl sites for hydroxylation is 1. The standard InChI is InChI=1S/C17H27N5O2S/c1-5-9-21(10-6-2)16(24)12-25-17-20-19-15(8-7-14(18)23)22(17)11-13(3)4/h5-6,13H,1-2,7-12H2,3-4H3,(H2,18,23). The third-order valence-corrected chi connectivity index (χ3v) is 4.26. The minimum absolute atomic E-state index is 0.0115. The predicted molar refractivity (Wildman–Crippen MR) is 100 cm³/mol. The fourth-order valence-corrected chi connectivity index (χ4v) is 3.07. The molecule has 0 aliphatic rings. The molecule has 0 radical (unpaired) electrons. The van der Waals surface area contributed by atoms with Crippen LogP contribution in [0.1, 0.15) is 26.1 Å². The van der Waals surface area contributed by atoms with Gasteiger partial charge in [0.15, 0.2) is 5.16 Å². The molecule has 7 nitrogen and oxygen atoms in total. The van der Waals surface area contributed by atoms with Gasteiger partial charge in [-0.1, -0.05) is 37.8 Å². The van der Waals surface area contributed by atoms with Crippen molar-refractivity contribution in [2.24, 2.45) is 11.7 Å². The van der Waals surface area contributed by atoms with Gasteiger partial charge in [0.2, 0.25) is 11.8 Å². The van der Waals surface area contributed by atoms with Crippen molar-refractivity contribution in [1.29, 1.82) is 0 Å². The zero-order valence-electron chi connectivity index (χ0n) is 15.0. The van der Waals surface area contributed by atoms with E-state index in [4.69, 9.17) is 5.73 Å². The number of amides is 2. The van der Waals surface area contributed by atoms with Gasteiger partial charge in [0.1, 0.15) is 5.82 Å². The van der Waals surface area contributed by atoms with E-state index in [9.17, 15) is 9.59 Å². The molecule has 0 atom stereocenters. The van der Waals surface area contributed by atoms with Crippen LogP contribution in [0.5, 0.6) is 0 Å². The Kier molecular flexibility index (Phi) is 8.98. The fraction of sp³-hybridized carbons (Fsp3) is 0.529. The lowest BCUT2D eigenvalue weighted by Gasteiger charge is -2.19.